The zero-order valence-electron chi connectivity index (χ0n) is 10.9. The first kappa shape index (κ1) is 12.1. The second-order valence-corrected chi connectivity index (χ2v) is 5.22. The van der Waals surface area contributed by atoms with Crippen LogP contribution in [0.2, 0.25) is 0 Å². The summed E-state index contributed by atoms with van der Waals surface area (Å²) in [5.41, 5.74) is 7.38. The maximum atomic E-state index is 11.4. The summed E-state index contributed by atoms with van der Waals surface area (Å²) >= 11 is 0. The van der Waals surface area contributed by atoms with Gasteiger partial charge in [0.15, 0.2) is 0 Å². The molecule has 1 aromatic carbocycles. The zero-order chi connectivity index (χ0) is 13.2. The summed E-state index contributed by atoms with van der Waals surface area (Å²) in [5, 5.41) is 8.42. The van der Waals surface area contributed by atoms with E-state index < -0.39 is 5.91 Å². The third-order valence-corrected chi connectivity index (χ3v) is 3.94. The van der Waals surface area contributed by atoms with Crippen LogP contribution < -0.4 is 5.73 Å². The summed E-state index contributed by atoms with van der Waals surface area (Å²) in [6.07, 6.45) is 7.35. The lowest BCUT2D eigenvalue weighted by atomic mass is 10.1. The second kappa shape index (κ2) is 4.99. The van der Waals surface area contributed by atoms with Crippen molar-refractivity contribution in [1.82, 2.24) is 15.0 Å². The molecule has 0 aliphatic heterocycles. The van der Waals surface area contributed by atoms with Crippen molar-refractivity contribution in [3.63, 3.8) is 0 Å². The molecule has 2 N–H and O–H groups in total. The van der Waals surface area contributed by atoms with E-state index in [0.717, 1.165) is 18.4 Å². The summed E-state index contributed by atoms with van der Waals surface area (Å²) < 4.78 is 1.98. The molecule has 1 heterocycles. The van der Waals surface area contributed by atoms with Crippen LogP contribution in [0.25, 0.3) is 11.0 Å². The average molecular weight is 258 g/mol. The highest BCUT2D eigenvalue weighted by atomic mass is 16.1. The zero-order valence-corrected chi connectivity index (χ0v) is 10.9. The largest absolute Gasteiger partial charge is 0.366 e. The van der Waals surface area contributed by atoms with E-state index in [0.29, 0.717) is 17.1 Å². The van der Waals surface area contributed by atoms with Crippen LogP contribution in [0.1, 0.15) is 54.9 Å². The fourth-order valence-corrected chi connectivity index (χ4v) is 2.93. The summed E-state index contributed by atoms with van der Waals surface area (Å²) in [4.78, 5) is 11.4. The summed E-state index contributed by atoms with van der Waals surface area (Å²) in [7, 11) is 0. The Bertz CT molecular complexity index is 597. The highest BCUT2D eigenvalue weighted by Gasteiger charge is 2.19. The number of benzene rings is 1. The van der Waals surface area contributed by atoms with E-state index >= 15 is 0 Å². The van der Waals surface area contributed by atoms with Crippen LogP contribution >= 0.6 is 0 Å². The van der Waals surface area contributed by atoms with Crippen LogP contribution in [0.15, 0.2) is 18.2 Å². The highest BCUT2D eigenvalue weighted by Crippen LogP contribution is 2.29. The van der Waals surface area contributed by atoms with Crippen LogP contribution in [0, 0.1) is 0 Å². The molecule has 1 aliphatic rings. The maximum absolute atomic E-state index is 11.4. The van der Waals surface area contributed by atoms with Gasteiger partial charge in [0.05, 0.1) is 17.1 Å². The van der Waals surface area contributed by atoms with Gasteiger partial charge < -0.3 is 5.73 Å². The van der Waals surface area contributed by atoms with E-state index in [1.54, 1.807) is 6.07 Å². The van der Waals surface area contributed by atoms with Gasteiger partial charge in [-0.15, -0.1) is 5.10 Å². The third-order valence-electron chi connectivity index (χ3n) is 3.94. The summed E-state index contributed by atoms with van der Waals surface area (Å²) in [6.45, 7) is 0. The molecule has 100 valence electrons. The quantitative estimate of drug-likeness (QED) is 0.841. The van der Waals surface area contributed by atoms with E-state index in [4.69, 9.17) is 5.73 Å². The van der Waals surface area contributed by atoms with Crippen LogP contribution in [0.5, 0.6) is 0 Å². The van der Waals surface area contributed by atoms with Gasteiger partial charge in [-0.05, 0) is 25.0 Å². The predicted octanol–water partition coefficient (Wildman–Crippen LogP) is 2.43. The minimum atomic E-state index is -0.446. The second-order valence-electron chi connectivity index (χ2n) is 5.22. The van der Waals surface area contributed by atoms with Crippen LogP contribution in [-0.2, 0) is 0 Å². The van der Waals surface area contributed by atoms with Gasteiger partial charge in [0.2, 0.25) is 0 Å². The molecule has 1 aliphatic carbocycles. The number of hydrogen-bond donors (Lipinski definition) is 1. The number of nitrogens with zero attached hydrogens (tertiary/aromatic N) is 3. The van der Waals surface area contributed by atoms with Gasteiger partial charge in [-0.25, -0.2) is 4.68 Å². The summed E-state index contributed by atoms with van der Waals surface area (Å²) in [6, 6.07) is 5.92. The molecule has 0 unspecified atom stereocenters. The molecule has 5 heteroatoms. The lowest BCUT2D eigenvalue weighted by Gasteiger charge is -2.14. The van der Waals surface area contributed by atoms with Gasteiger partial charge in [0.1, 0.15) is 5.52 Å². The number of fused-ring (bicyclic) bond motifs is 1. The molecule has 0 saturated heterocycles. The lowest BCUT2D eigenvalue weighted by molar-refractivity contribution is 0.100. The molecule has 3 rings (SSSR count). The molecule has 19 heavy (non-hydrogen) atoms. The minimum Gasteiger partial charge on any atom is -0.366 e. The molecule has 2 aromatic rings. The number of primary amides is 1. The molecule has 0 spiro atoms. The van der Waals surface area contributed by atoms with Gasteiger partial charge in [0, 0.05) is 0 Å². The van der Waals surface area contributed by atoms with E-state index in [1.807, 2.05) is 16.8 Å². The fraction of sp³-hybridized carbons (Fsp3) is 0.500. The maximum Gasteiger partial charge on any atom is 0.251 e. The van der Waals surface area contributed by atoms with Crippen LogP contribution in [-0.4, -0.2) is 20.9 Å². The number of rotatable bonds is 2. The Morgan fingerprint density at radius 1 is 1.21 bits per heavy atom. The summed E-state index contributed by atoms with van der Waals surface area (Å²) in [5.74, 6) is -0.446. The van der Waals surface area contributed by atoms with Gasteiger partial charge in [0.25, 0.3) is 5.91 Å². The smallest absolute Gasteiger partial charge is 0.251 e. The Balaban J connectivity index is 2.05. The van der Waals surface area contributed by atoms with Crippen LogP contribution in [0.4, 0.5) is 0 Å². The van der Waals surface area contributed by atoms with E-state index in [-0.39, 0.29) is 0 Å². The molecule has 1 amide bonds. The van der Waals surface area contributed by atoms with Crippen molar-refractivity contribution < 1.29 is 4.79 Å². The lowest BCUT2D eigenvalue weighted by Crippen LogP contribution is -2.12. The molecular formula is C14H18N4O. The molecule has 0 bridgehead atoms. The van der Waals surface area contributed by atoms with Gasteiger partial charge >= 0.3 is 0 Å². The minimum absolute atomic E-state index is 0.399. The molecular weight excluding hydrogens is 240 g/mol. The van der Waals surface area contributed by atoms with Gasteiger partial charge in [-0.1, -0.05) is 37.0 Å². The van der Waals surface area contributed by atoms with Crippen molar-refractivity contribution in [1.29, 1.82) is 0 Å². The standard InChI is InChI=1S/C14H18N4O/c15-14(19)11-8-5-9-12-13(11)16-17-18(12)10-6-3-1-2-4-7-10/h5,8-10H,1-4,6-7H2,(H2,15,19). The predicted molar refractivity (Wildman–Crippen MR) is 72.8 cm³/mol. The number of carbonyl (C=O) groups is 1. The number of amides is 1. The number of carbonyl (C=O) groups excluding carboxylic acids is 1. The van der Waals surface area contributed by atoms with Crippen molar-refractivity contribution >= 4 is 16.9 Å². The molecule has 1 aromatic heterocycles. The molecule has 0 radical (unpaired) electrons. The third kappa shape index (κ3) is 2.20. The first-order chi connectivity index (χ1) is 9.27. The Morgan fingerprint density at radius 2 is 1.95 bits per heavy atom. The van der Waals surface area contributed by atoms with Crippen molar-refractivity contribution in [2.24, 2.45) is 5.73 Å². The van der Waals surface area contributed by atoms with Gasteiger partial charge in [-0.3, -0.25) is 4.79 Å². The van der Waals surface area contributed by atoms with E-state index in [1.165, 1.54) is 25.7 Å². The Labute approximate surface area is 111 Å². The molecule has 1 saturated carbocycles. The topological polar surface area (TPSA) is 73.8 Å². The first-order valence-electron chi connectivity index (χ1n) is 6.91. The normalized spacial score (nSPS) is 17.5. The average Bonchev–Trinajstić information content (AvgIpc) is 2.66. The first-order valence-corrected chi connectivity index (χ1v) is 6.91. The van der Waals surface area contributed by atoms with Crippen LogP contribution in [0.3, 0.4) is 0 Å². The van der Waals surface area contributed by atoms with Gasteiger partial charge in [-0.2, -0.15) is 0 Å². The highest BCUT2D eigenvalue weighted by molar-refractivity contribution is 6.03. The number of nitrogens with two attached hydrogens (primary N) is 1. The Kier molecular flexibility index (Phi) is 3.19. The van der Waals surface area contributed by atoms with Crippen molar-refractivity contribution in [2.75, 3.05) is 0 Å². The monoisotopic (exact) mass is 258 g/mol. The number of aromatic nitrogens is 3. The van der Waals surface area contributed by atoms with E-state index in [2.05, 4.69) is 10.3 Å². The molecule has 0 atom stereocenters. The number of hydrogen-bond acceptors (Lipinski definition) is 3. The molecule has 5 nitrogen and oxygen atoms in total. The van der Waals surface area contributed by atoms with Crippen molar-refractivity contribution in [2.45, 2.75) is 44.6 Å². The Morgan fingerprint density at radius 3 is 2.63 bits per heavy atom. The fourth-order valence-electron chi connectivity index (χ4n) is 2.93. The van der Waals surface area contributed by atoms with E-state index in [9.17, 15) is 4.79 Å². The molecule has 1 fully saturated rings. The SMILES string of the molecule is NC(=O)c1cccc2c1nnn2C1CCCCCC1. The van der Waals surface area contributed by atoms with Crippen molar-refractivity contribution in [3.8, 4) is 0 Å². The van der Waals surface area contributed by atoms with Crippen molar-refractivity contribution in [3.05, 3.63) is 23.8 Å². The Hall–Kier alpha value is -1.91.